The molecule has 82 valence electrons. The minimum Gasteiger partial charge on any atom is -0.296 e. The lowest BCUT2D eigenvalue weighted by Gasteiger charge is -2.15. The average Bonchev–Trinajstić information content (AvgIpc) is 2.95. The maximum atomic E-state index is 10.8. The maximum absolute atomic E-state index is 10.8. The molecule has 15 heavy (non-hydrogen) atoms. The molecular weight excluding hydrogens is 190 g/mol. The molecular formula is C11H17N3O. The van der Waals surface area contributed by atoms with Crippen molar-refractivity contribution >= 4 is 6.29 Å². The van der Waals surface area contributed by atoms with Crippen molar-refractivity contribution in [2.45, 2.75) is 45.6 Å². The van der Waals surface area contributed by atoms with E-state index in [-0.39, 0.29) is 0 Å². The lowest BCUT2D eigenvalue weighted by molar-refractivity contribution is 0.111. The van der Waals surface area contributed by atoms with E-state index in [9.17, 15) is 4.79 Å². The molecule has 1 fully saturated rings. The predicted octanol–water partition coefficient (Wildman–Crippen LogP) is 2.19. The normalized spacial score (nSPS) is 18.1. The number of rotatable bonds is 4. The molecule has 1 saturated carbocycles. The Kier molecular flexibility index (Phi) is 2.59. The van der Waals surface area contributed by atoms with E-state index in [0.717, 1.165) is 17.9 Å². The van der Waals surface area contributed by atoms with Gasteiger partial charge in [-0.1, -0.05) is 19.1 Å². The average molecular weight is 207 g/mol. The summed E-state index contributed by atoms with van der Waals surface area (Å²) in [5.41, 5.74) is 1.47. The van der Waals surface area contributed by atoms with Gasteiger partial charge in [-0.15, -0.1) is 5.10 Å². The summed E-state index contributed by atoms with van der Waals surface area (Å²) in [4.78, 5) is 10.8. The molecule has 1 aliphatic carbocycles. The first kappa shape index (κ1) is 10.3. The second kappa shape index (κ2) is 3.76. The van der Waals surface area contributed by atoms with Gasteiger partial charge in [0.25, 0.3) is 0 Å². The number of carbonyl (C=O) groups is 1. The van der Waals surface area contributed by atoms with Crippen LogP contribution in [-0.2, 0) is 0 Å². The Morgan fingerprint density at radius 1 is 1.40 bits per heavy atom. The number of aldehydes is 1. The monoisotopic (exact) mass is 207 g/mol. The number of hydrogen-bond acceptors (Lipinski definition) is 3. The van der Waals surface area contributed by atoms with Crippen LogP contribution in [0.1, 0.15) is 61.8 Å². The van der Waals surface area contributed by atoms with Gasteiger partial charge in [0.2, 0.25) is 0 Å². The van der Waals surface area contributed by atoms with E-state index >= 15 is 0 Å². The van der Waals surface area contributed by atoms with Crippen molar-refractivity contribution in [1.82, 2.24) is 15.0 Å². The summed E-state index contributed by atoms with van der Waals surface area (Å²) in [7, 11) is 0. The molecule has 0 radical (unpaired) electrons. The molecule has 0 amide bonds. The number of hydrogen-bond donors (Lipinski definition) is 0. The first-order valence-corrected chi connectivity index (χ1v) is 5.55. The predicted molar refractivity (Wildman–Crippen MR) is 56.9 cm³/mol. The maximum Gasteiger partial charge on any atom is 0.172 e. The van der Waals surface area contributed by atoms with Crippen LogP contribution in [0.25, 0.3) is 0 Å². The molecule has 4 nitrogen and oxygen atoms in total. The molecule has 0 aromatic carbocycles. The summed E-state index contributed by atoms with van der Waals surface area (Å²) in [6.07, 6.45) is 3.35. The standard InChI is InChI=1S/C11H17N3O/c1-7(2)11-10(6-15)12-13-14(11)8(3)9-4-5-9/h6-9H,4-5H2,1-3H3. The third-order valence-electron chi connectivity index (χ3n) is 3.11. The number of carbonyl (C=O) groups excluding carboxylic acids is 1. The SMILES string of the molecule is CC(C)c1c(C=O)nnn1C(C)C1CC1. The van der Waals surface area contributed by atoms with Crippen LogP contribution in [0, 0.1) is 5.92 Å². The van der Waals surface area contributed by atoms with Gasteiger partial charge in [0.1, 0.15) is 5.69 Å². The van der Waals surface area contributed by atoms with E-state index in [4.69, 9.17) is 0 Å². The minimum atomic E-state index is 0.293. The second-order valence-corrected chi connectivity index (χ2v) is 4.66. The van der Waals surface area contributed by atoms with Crippen molar-refractivity contribution in [2.24, 2.45) is 5.92 Å². The second-order valence-electron chi connectivity index (χ2n) is 4.66. The van der Waals surface area contributed by atoms with Crippen molar-refractivity contribution in [3.8, 4) is 0 Å². The highest BCUT2D eigenvalue weighted by atomic mass is 16.1. The summed E-state index contributed by atoms with van der Waals surface area (Å²) in [5, 5.41) is 8.04. The van der Waals surface area contributed by atoms with Crippen LogP contribution < -0.4 is 0 Å². The van der Waals surface area contributed by atoms with E-state index < -0.39 is 0 Å². The molecule has 1 unspecified atom stereocenters. The lowest BCUT2D eigenvalue weighted by atomic mass is 10.1. The van der Waals surface area contributed by atoms with Crippen LogP contribution in [0.5, 0.6) is 0 Å². The molecule has 1 aliphatic rings. The molecule has 4 heteroatoms. The zero-order chi connectivity index (χ0) is 11.0. The van der Waals surface area contributed by atoms with Crippen molar-refractivity contribution < 1.29 is 4.79 Å². The lowest BCUT2D eigenvalue weighted by Crippen LogP contribution is -2.14. The summed E-state index contributed by atoms with van der Waals surface area (Å²) in [6.45, 7) is 6.30. The Labute approximate surface area is 89.7 Å². The number of nitrogens with zero attached hydrogens (tertiary/aromatic N) is 3. The van der Waals surface area contributed by atoms with Gasteiger partial charge in [-0.05, 0) is 31.6 Å². The first-order chi connectivity index (χ1) is 7.15. The Balaban J connectivity index is 2.36. The van der Waals surface area contributed by atoms with Crippen molar-refractivity contribution in [3.63, 3.8) is 0 Å². The highest BCUT2D eigenvalue weighted by Gasteiger charge is 2.32. The van der Waals surface area contributed by atoms with Crippen molar-refractivity contribution in [2.75, 3.05) is 0 Å². The molecule has 0 aliphatic heterocycles. The number of aromatic nitrogens is 3. The van der Waals surface area contributed by atoms with Crippen LogP contribution in [0.3, 0.4) is 0 Å². The zero-order valence-corrected chi connectivity index (χ0v) is 9.47. The molecule has 0 spiro atoms. The molecule has 0 saturated heterocycles. The fraction of sp³-hybridized carbons (Fsp3) is 0.727. The van der Waals surface area contributed by atoms with Gasteiger partial charge in [0.15, 0.2) is 6.29 Å². The molecule has 1 aromatic rings. The topological polar surface area (TPSA) is 47.8 Å². The van der Waals surface area contributed by atoms with Gasteiger partial charge >= 0.3 is 0 Å². The Bertz CT molecular complexity index is 366. The summed E-state index contributed by atoms with van der Waals surface area (Å²) in [5.74, 6) is 1.02. The first-order valence-electron chi connectivity index (χ1n) is 5.55. The van der Waals surface area contributed by atoms with Crippen LogP contribution in [0.2, 0.25) is 0 Å². The van der Waals surface area contributed by atoms with Gasteiger partial charge in [-0.25, -0.2) is 4.68 Å². The van der Waals surface area contributed by atoms with Crippen LogP contribution in [0.4, 0.5) is 0 Å². The van der Waals surface area contributed by atoms with Gasteiger partial charge < -0.3 is 0 Å². The third kappa shape index (κ3) is 1.80. The molecule has 1 heterocycles. The quantitative estimate of drug-likeness (QED) is 0.711. The largest absolute Gasteiger partial charge is 0.296 e. The Hall–Kier alpha value is -1.19. The molecule has 0 bridgehead atoms. The fourth-order valence-corrected chi connectivity index (χ4v) is 2.04. The van der Waals surface area contributed by atoms with Gasteiger partial charge in [0.05, 0.1) is 11.7 Å². The minimum absolute atomic E-state index is 0.293. The van der Waals surface area contributed by atoms with E-state index in [1.807, 2.05) is 4.68 Å². The van der Waals surface area contributed by atoms with E-state index in [1.54, 1.807) is 0 Å². The summed E-state index contributed by atoms with van der Waals surface area (Å²) >= 11 is 0. The molecule has 2 rings (SSSR count). The van der Waals surface area contributed by atoms with Crippen LogP contribution in [0.15, 0.2) is 0 Å². The summed E-state index contributed by atoms with van der Waals surface area (Å²) in [6, 6.07) is 0.378. The van der Waals surface area contributed by atoms with Crippen LogP contribution >= 0.6 is 0 Å². The van der Waals surface area contributed by atoms with Crippen molar-refractivity contribution in [3.05, 3.63) is 11.4 Å². The highest BCUT2D eigenvalue weighted by molar-refractivity contribution is 5.73. The Morgan fingerprint density at radius 3 is 2.53 bits per heavy atom. The van der Waals surface area contributed by atoms with Gasteiger partial charge in [-0.3, -0.25) is 4.79 Å². The van der Waals surface area contributed by atoms with E-state index in [0.29, 0.717) is 17.7 Å². The highest BCUT2D eigenvalue weighted by Crippen LogP contribution is 2.40. The van der Waals surface area contributed by atoms with Crippen LogP contribution in [-0.4, -0.2) is 21.3 Å². The third-order valence-corrected chi connectivity index (χ3v) is 3.11. The van der Waals surface area contributed by atoms with Crippen molar-refractivity contribution in [1.29, 1.82) is 0 Å². The van der Waals surface area contributed by atoms with E-state index in [2.05, 4.69) is 31.1 Å². The van der Waals surface area contributed by atoms with Gasteiger partial charge in [0, 0.05) is 0 Å². The zero-order valence-electron chi connectivity index (χ0n) is 9.47. The van der Waals surface area contributed by atoms with E-state index in [1.165, 1.54) is 12.8 Å². The van der Waals surface area contributed by atoms with Gasteiger partial charge in [-0.2, -0.15) is 0 Å². The Morgan fingerprint density at radius 2 is 2.07 bits per heavy atom. The molecule has 1 atom stereocenters. The smallest absolute Gasteiger partial charge is 0.172 e. The fourth-order valence-electron chi connectivity index (χ4n) is 2.04. The molecule has 1 aromatic heterocycles. The summed E-state index contributed by atoms with van der Waals surface area (Å²) < 4.78 is 1.94. The molecule has 0 N–H and O–H groups in total.